The van der Waals surface area contributed by atoms with E-state index in [1.165, 1.54) is 24.3 Å². The number of rotatable bonds is 7. The Balaban J connectivity index is 2.14. The number of alkyl halides is 4. The van der Waals surface area contributed by atoms with Gasteiger partial charge in [-0.25, -0.2) is 8.42 Å². The third-order valence-corrected chi connectivity index (χ3v) is 6.13. The van der Waals surface area contributed by atoms with E-state index in [1.54, 1.807) is 0 Å². The smallest absolute Gasteiger partial charge is 0.390 e. The van der Waals surface area contributed by atoms with Crippen molar-refractivity contribution in [3.8, 4) is 0 Å². The molecule has 0 aliphatic heterocycles. The molecule has 0 fully saturated rings. The fourth-order valence-electron chi connectivity index (χ4n) is 2.00. The first-order valence-corrected chi connectivity index (χ1v) is 10.1. The summed E-state index contributed by atoms with van der Waals surface area (Å²) in [4.78, 5) is -0.173. The average Bonchev–Trinajstić information content (AvgIpc) is 2.59. The summed E-state index contributed by atoms with van der Waals surface area (Å²) in [7, 11) is -3.84. The predicted octanol–water partition coefficient (Wildman–Crippen LogP) is 4.14. The second-order valence-corrected chi connectivity index (χ2v) is 8.63. The maximum absolute atomic E-state index is 12.5. The van der Waals surface area contributed by atoms with Gasteiger partial charge < -0.3 is 10.4 Å². The monoisotopic (exact) mass is 425 g/mol. The van der Waals surface area contributed by atoms with Crippen LogP contribution in [0.5, 0.6) is 0 Å². The topological polar surface area (TPSA) is 66.4 Å². The van der Waals surface area contributed by atoms with Gasteiger partial charge in [0.2, 0.25) is 9.84 Å². The lowest BCUT2D eigenvalue weighted by Crippen LogP contribution is -2.20. The van der Waals surface area contributed by atoms with Crippen molar-refractivity contribution in [1.82, 2.24) is 0 Å². The van der Waals surface area contributed by atoms with Crippen LogP contribution in [-0.4, -0.2) is 37.6 Å². The first-order valence-electron chi connectivity index (χ1n) is 7.31. The van der Waals surface area contributed by atoms with E-state index in [9.17, 15) is 26.7 Å². The first kappa shape index (κ1) is 20.9. The molecular weight excluding hydrogens is 411 g/mol. The predicted molar refractivity (Wildman–Crippen MR) is 95.5 cm³/mol. The third kappa shape index (κ3) is 5.80. The molecule has 0 aromatic heterocycles. The molecule has 26 heavy (non-hydrogen) atoms. The molecule has 0 aliphatic carbocycles. The van der Waals surface area contributed by atoms with Crippen molar-refractivity contribution < 1.29 is 26.7 Å². The van der Waals surface area contributed by atoms with Crippen molar-refractivity contribution in [2.75, 3.05) is 17.7 Å². The maximum Gasteiger partial charge on any atom is 0.446 e. The molecule has 0 heterocycles. The highest BCUT2D eigenvalue weighted by atomic mass is 35.5. The van der Waals surface area contributed by atoms with Crippen molar-refractivity contribution in [2.24, 2.45) is 0 Å². The molecule has 0 saturated carbocycles. The average molecular weight is 426 g/mol. The van der Waals surface area contributed by atoms with E-state index < -0.39 is 21.4 Å². The summed E-state index contributed by atoms with van der Waals surface area (Å²) in [5.41, 5.74) is -3.83. The Kier molecular flexibility index (Phi) is 6.84. The van der Waals surface area contributed by atoms with Crippen LogP contribution in [0.15, 0.2) is 63.2 Å². The van der Waals surface area contributed by atoms with Gasteiger partial charge in [-0.2, -0.15) is 13.2 Å². The minimum Gasteiger partial charge on any atom is -0.390 e. The van der Waals surface area contributed by atoms with Gasteiger partial charge >= 0.3 is 5.51 Å². The number of aliphatic hydroxyl groups is 1. The van der Waals surface area contributed by atoms with Crippen molar-refractivity contribution in [3.05, 3.63) is 48.5 Å². The highest BCUT2D eigenvalue weighted by molar-refractivity contribution is 8.00. The van der Waals surface area contributed by atoms with Crippen LogP contribution in [0.2, 0.25) is 0 Å². The Bertz CT molecular complexity index is 825. The Morgan fingerprint density at radius 2 is 1.54 bits per heavy atom. The van der Waals surface area contributed by atoms with Crippen LogP contribution in [0.3, 0.4) is 0 Å². The molecule has 0 bridgehead atoms. The number of sulfone groups is 1. The fraction of sp³-hybridized carbons (Fsp3) is 0.250. The van der Waals surface area contributed by atoms with Crippen molar-refractivity contribution in [1.29, 1.82) is 0 Å². The van der Waals surface area contributed by atoms with E-state index >= 15 is 0 Å². The lowest BCUT2D eigenvalue weighted by molar-refractivity contribution is -0.0328. The third-order valence-electron chi connectivity index (χ3n) is 3.25. The Morgan fingerprint density at radius 1 is 1.04 bits per heavy atom. The van der Waals surface area contributed by atoms with Gasteiger partial charge in [0, 0.05) is 17.1 Å². The van der Waals surface area contributed by atoms with Crippen LogP contribution >= 0.6 is 23.4 Å². The number of thioether (sulfide) groups is 1. The summed E-state index contributed by atoms with van der Waals surface area (Å²) >= 11 is 5.18. The summed E-state index contributed by atoms with van der Waals surface area (Å²) in [5.74, 6) is 0.0715. The molecule has 2 aromatic rings. The van der Waals surface area contributed by atoms with Gasteiger partial charge in [0.15, 0.2) is 0 Å². The van der Waals surface area contributed by atoms with E-state index in [2.05, 4.69) is 5.32 Å². The number of nitrogens with one attached hydrogen (secondary N) is 1. The number of anilines is 1. The summed E-state index contributed by atoms with van der Waals surface area (Å²) in [6.45, 7) is 0.216. The van der Waals surface area contributed by atoms with Gasteiger partial charge in [0.25, 0.3) is 0 Å². The molecule has 0 aliphatic rings. The summed E-state index contributed by atoms with van der Waals surface area (Å²) < 4.78 is 62.1. The number of hydrogen-bond donors (Lipinski definition) is 2. The van der Waals surface area contributed by atoms with Gasteiger partial charge in [-0.1, -0.05) is 0 Å². The maximum atomic E-state index is 12.5. The quantitative estimate of drug-likeness (QED) is 0.515. The SMILES string of the molecule is O=S(=O)(c1ccc(NCC(O)CCl)cc1)c1ccc(SC(F)(F)F)cc1. The number of aliphatic hydroxyl groups excluding tert-OH is 1. The van der Waals surface area contributed by atoms with Crippen LogP contribution in [0.4, 0.5) is 18.9 Å². The molecule has 10 heteroatoms. The van der Waals surface area contributed by atoms with E-state index in [1.807, 2.05) is 0 Å². The van der Waals surface area contributed by atoms with E-state index in [-0.39, 0.29) is 38.9 Å². The van der Waals surface area contributed by atoms with Crippen LogP contribution in [0, 0.1) is 0 Å². The largest absolute Gasteiger partial charge is 0.446 e. The minimum atomic E-state index is -4.43. The second-order valence-electron chi connectivity index (χ2n) is 5.24. The van der Waals surface area contributed by atoms with Crippen molar-refractivity contribution >= 4 is 38.9 Å². The zero-order valence-electron chi connectivity index (χ0n) is 13.2. The summed E-state index contributed by atoms with van der Waals surface area (Å²) in [6, 6.07) is 10.3. The van der Waals surface area contributed by atoms with Crippen molar-refractivity contribution in [2.45, 2.75) is 26.3 Å². The molecule has 2 N–H and O–H groups in total. The van der Waals surface area contributed by atoms with Gasteiger partial charge in [-0.05, 0) is 60.3 Å². The Hall–Kier alpha value is -1.42. The van der Waals surface area contributed by atoms with Crippen LogP contribution < -0.4 is 5.32 Å². The van der Waals surface area contributed by atoms with Crippen molar-refractivity contribution in [3.63, 3.8) is 0 Å². The highest BCUT2D eigenvalue weighted by Gasteiger charge is 2.29. The molecule has 1 atom stereocenters. The van der Waals surface area contributed by atoms with Gasteiger partial charge in [0.1, 0.15) is 0 Å². The molecular formula is C16H15ClF3NO3S2. The van der Waals surface area contributed by atoms with Gasteiger partial charge in [-0.3, -0.25) is 0 Å². The Morgan fingerprint density at radius 3 is 2.00 bits per heavy atom. The molecule has 4 nitrogen and oxygen atoms in total. The lowest BCUT2D eigenvalue weighted by Gasteiger charge is -2.11. The standard InChI is InChI=1S/C16H15ClF3NO3S2/c17-9-12(22)10-21-11-1-5-14(6-2-11)26(23,24)15-7-3-13(4-8-15)25-16(18,19)20/h1-8,12,21-22H,9-10H2. The van der Waals surface area contributed by atoms with E-state index in [0.29, 0.717) is 5.69 Å². The number of hydrogen-bond acceptors (Lipinski definition) is 5. The first-order chi connectivity index (χ1) is 12.1. The fourth-order valence-corrected chi connectivity index (χ4v) is 3.91. The molecule has 0 saturated heterocycles. The molecule has 0 spiro atoms. The summed E-state index contributed by atoms with van der Waals surface area (Å²) in [5, 5.41) is 12.3. The van der Waals surface area contributed by atoms with Crippen LogP contribution in [-0.2, 0) is 9.84 Å². The second kappa shape index (κ2) is 8.51. The number of halogens is 4. The van der Waals surface area contributed by atoms with Gasteiger partial charge in [0.05, 0.1) is 21.8 Å². The molecule has 142 valence electrons. The summed E-state index contributed by atoms with van der Waals surface area (Å²) in [6.07, 6.45) is -0.729. The van der Waals surface area contributed by atoms with E-state index in [4.69, 9.17) is 11.6 Å². The molecule has 1 unspecified atom stereocenters. The number of benzene rings is 2. The molecule has 0 amide bonds. The zero-order chi connectivity index (χ0) is 19.4. The van der Waals surface area contributed by atoms with E-state index in [0.717, 1.165) is 24.3 Å². The molecule has 2 aromatic carbocycles. The normalized spacial score (nSPS) is 13.4. The lowest BCUT2D eigenvalue weighted by atomic mass is 10.3. The van der Waals surface area contributed by atoms with Gasteiger partial charge in [-0.15, -0.1) is 11.6 Å². The highest BCUT2D eigenvalue weighted by Crippen LogP contribution is 2.37. The zero-order valence-corrected chi connectivity index (χ0v) is 15.6. The van der Waals surface area contributed by atoms with Crippen LogP contribution in [0.25, 0.3) is 0 Å². The molecule has 2 rings (SSSR count). The minimum absolute atomic E-state index is 0.0113. The van der Waals surface area contributed by atoms with Crippen LogP contribution in [0.1, 0.15) is 0 Å². The Labute approximate surface area is 158 Å². The molecule has 0 radical (unpaired) electrons.